The van der Waals surface area contributed by atoms with Gasteiger partial charge in [0.05, 0.1) is 0 Å². The minimum Gasteiger partial charge on any atom is -0.480 e. The van der Waals surface area contributed by atoms with E-state index >= 15 is 0 Å². The summed E-state index contributed by atoms with van der Waals surface area (Å²) in [5.74, 6) is 0.114. The van der Waals surface area contributed by atoms with E-state index in [1.165, 1.54) is 24.8 Å². The molecule has 0 aromatic heterocycles. The van der Waals surface area contributed by atoms with E-state index in [2.05, 4.69) is 30.5 Å². The van der Waals surface area contributed by atoms with E-state index in [0.717, 1.165) is 38.6 Å². The highest BCUT2D eigenvalue weighted by molar-refractivity contribution is 5.73. The maximum Gasteiger partial charge on any atom is 0.320 e. The number of allylic oxidation sites excluding steroid dienone is 3. The standard InChI is InChI=1S/C18H29NO2/c1-2-14(15-9-5-3-6-10-15)13-19-17(18(20)21)16-11-7-4-8-12-16/h3,5,9,14,16-17,19H,2,4,6-8,10-13H2,1H3,(H,20,21). The summed E-state index contributed by atoms with van der Waals surface area (Å²) in [5, 5.41) is 12.9. The lowest BCUT2D eigenvalue weighted by atomic mass is 9.83. The minimum absolute atomic E-state index is 0.314. The second-order valence-electron chi connectivity index (χ2n) is 6.44. The molecule has 0 radical (unpaired) electrons. The first-order valence-electron chi connectivity index (χ1n) is 8.54. The van der Waals surface area contributed by atoms with Crippen molar-refractivity contribution in [3.63, 3.8) is 0 Å². The molecule has 2 N–H and O–H groups in total. The molecule has 118 valence electrons. The lowest BCUT2D eigenvalue weighted by Crippen LogP contribution is -2.45. The molecule has 1 saturated carbocycles. The second kappa shape index (κ2) is 8.38. The highest BCUT2D eigenvalue weighted by Gasteiger charge is 2.29. The van der Waals surface area contributed by atoms with Crippen molar-refractivity contribution in [2.24, 2.45) is 11.8 Å². The number of nitrogens with one attached hydrogen (secondary N) is 1. The molecule has 0 saturated heterocycles. The normalized spacial score (nSPS) is 22.6. The predicted molar refractivity (Wildman–Crippen MR) is 86.2 cm³/mol. The van der Waals surface area contributed by atoms with Crippen molar-refractivity contribution in [1.29, 1.82) is 0 Å². The minimum atomic E-state index is -0.672. The first-order chi connectivity index (χ1) is 10.2. The molecule has 0 bridgehead atoms. The Hall–Kier alpha value is -1.09. The Morgan fingerprint density at radius 3 is 2.71 bits per heavy atom. The predicted octanol–water partition coefficient (Wildman–Crippen LogP) is 3.91. The van der Waals surface area contributed by atoms with Crippen LogP contribution in [0.2, 0.25) is 0 Å². The molecule has 3 nitrogen and oxygen atoms in total. The van der Waals surface area contributed by atoms with Gasteiger partial charge in [-0.25, -0.2) is 0 Å². The molecule has 2 atom stereocenters. The SMILES string of the molecule is CCC(CNC(C(=O)O)C1CCCCC1)C1=CC=CCC1. The van der Waals surface area contributed by atoms with Gasteiger partial charge in [0.1, 0.15) is 6.04 Å². The summed E-state index contributed by atoms with van der Waals surface area (Å²) >= 11 is 0. The molecule has 0 heterocycles. The van der Waals surface area contributed by atoms with Crippen molar-refractivity contribution in [1.82, 2.24) is 5.32 Å². The van der Waals surface area contributed by atoms with Crippen LogP contribution in [-0.4, -0.2) is 23.7 Å². The summed E-state index contributed by atoms with van der Waals surface area (Å²) in [6.45, 7) is 2.99. The number of hydrogen-bond acceptors (Lipinski definition) is 2. The molecule has 0 aromatic carbocycles. The molecule has 1 fully saturated rings. The van der Waals surface area contributed by atoms with Gasteiger partial charge >= 0.3 is 5.97 Å². The molecule has 2 aliphatic carbocycles. The van der Waals surface area contributed by atoms with Crippen molar-refractivity contribution in [2.45, 2.75) is 64.3 Å². The highest BCUT2D eigenvalue weighted by Crippen LogP contribution is 2.28. The maximum absolute atomic E-state index is 11.6. The maximum atomic E-state index is 11.6. The van der Waals surface area contributed by atoms with Crippen LogP contribution in [0.1, 0.15) is 58.3 Å². The molecule has 0 aliphatic heterocycles. The van der Waals surface area contributed by atoms with Crippen molar-refractivity contribution in [2.75, 3.05) is 6.54 Å². The van der Waals surface area contributed by atoms with Crippen molar-refractivity contribution >= 4 is 5.97 Å². The number of carbonyl (C=O) groups is 1. The van der Waals surface area contributed by atoms with E-state index in [4.69, 9.17) is 0 Å². The zero-order valence-electron chi connectivity index (χ0n) is 13.2. The third kappa shape index (κ3) is 4.70. The fourth-order valence-electron chi connectivity index (χ4n) is 3.69. The Kier molecular flexibility index (Phi) is 6.50. The number of aliphatic carboxylic acids is 1. The average Bonchev–Trinajstić information content (AvgIpc) is 2.53. The van der Waals surface area contributed by atoms with Crippen LogP contribution in [0.15, 0.2) is 23.8 Å². The van der Waals surface area contributed by atoms with Crippen molar-refractivity contribution < 1.29 is 9.90 Å². The first kappa shape index (κ1) is 16.3. The van der Waals surface area contributed by atoms with Crippen LogP contribution >= 0.6 is 0 Å². The van der Waals surface area contributed by atoms with E-state index < -0.39 is 5.97 Å². The van der Waals surface area contributed by atoms with E-state index in [1.54, 1.807) is 0 Å². The van der Waals surface area contributed by atoms with E-state index in [0.29, 0.717) is 11.8 Å². The van der Waals surface area contributed by atoms with Crippen LogP contribution in [-0.2, 0) is 4.79 Å². The summed E-state index contributed by atoms with van der Waals surface area (Å²) in [7, 11) is 0. The number of carboxylic acids is 1. The summed E-state index contributed by atoms with van der Waals surface area (Å²) in [5.41, 5.74) is 1.47. The molecule has 2 aliphatic rings. The Balaban J connectivity index is 1.91. The lowest BCUT2D eigenvalue weighted by Gasteiger charge is -2.30. The van der Waals surface area contributed by atoms with Gasteiger partial charge in [0.15, 0.2) is 0 Å². The van der Waals surface area contributed by atoms with Gasteiger partial charge in [-0.2, -0.15) is 0 Å². The van der Waals surface area contributed by atoms with Gasteiger partial charge in [-0.1, -0.05) is 50.0 Å². The van der Waals surface area contributed by atoms with Gasteiger partial charge in [0, 0.05) is 6.54 Å². The Morgan fingerprint density at radius 2 is 2.14 bits per heavy atom. The zero-order valence-corrected chi connectivity index (χ0v) is 13.2. The van der Waals surface area contributed by atoms with Crippen LogP contribution in [0.25, 0.3) is 0 Å². The number of hydrogen-bond donors (Lipinski definition) is 2. The molecule has 0 amide bonds. The van der Waals surface area contributed by atoms with Gasteiger partial charge in [-0.15, -0.1) is 0 Å². The Labute approximate surface area is 128 Å². The van der Waals surface area contributed by atoms with Gasteiger partial charge in [0.2, 0.25) is 0 Å². The van der Waals surface area contributed by atoms with E-state index in [1.807, 2.05) is 0 Å². The molecule has 0 spiro atoms. The Morgan fingerprint density at radius 1 is 1.38 bits per heavy atom. The van der Waals surface area contributed by atoms with E-state index in [9.17, 15) is 9.90 Å². The second-order valence-corrected chi connectivity index (χ2v) is 6.44. The smallest absolute Gasteiger partial charge is 0.320 e. The van der Waals surface area contributed by atoms with E-state index in [-0.39, 0.29) is 6.04 Å². The van der Waals surface area contributed by atoms with Crippen LogP contribution in [0.3, 0.4) is 0 Å². The number of rotatable bonds is 7. The summed E-state index contributed by atoms with van der Waals surface area (Å²) in [6.07, 6.45) is 15.6. The van der Waals surface area contributed by atoms with Crippen LogP contribution < -0.4 is 5.32 Å². The zero-order chi connectivity index (χ0) is 15.1. The molecule has 3 heteroatoms. The molecule has 2 rings (SSSR count). The molecular weight excluding hydrogens is 262 g/mol. The molecule has 0 aromatic rings. The van der Waals surface area contributed by atoms with Crippen LogP contribution in [0, 0.1) is 11.8 Å². The average molecular weight is 291 g/mol. The van der Waals surface area contributed by atoms with Crippen molar-refractivity contribution in [3.05, 3.63) is 23.8 Å². The number of carboxylic acid groups (broad SMARTS) is 1. The molecule has 2 unspecified atom stereocenters. The lowest BCUT2D eigenvalue weighted by molar-refractivity contribution is -0.141. The van der Waals surface area contributed by atoms with Gasteiger partial charge < -0.3 is 10.4 Å². The highest BCUT2D eigenvalue weighted by atomic mass is 16.4. The quantitative estimate of drug-likeness (QED) is 0.747. The third-order valence-corrected chi connectivity index (χ3v) is 5.03. The largest absolute Gasteiger partial charge is 0.480 e. The van der Waals surface area contributed by atoms with Crippen LogP contribution in [0.4, 0.5) is 0 Å². The molecule has 21 heavy (non-hydrogen) atoms. The van der Waals surface area contributed by atoms with Crippen molar-refractivity contribution in [3.8, 4) is 0 Å². The van der Waals surface area contributed by atoms with Crippen LogP contribution in [0.5, 0.6) is 0 Å². The first-order valence-corrected chi connectivity index (χ1v) is 8.54. The summed E-state index contributed by atoms with van der Waals surface area (Å²) in [4.78, 5) is 11.6. The monoisotopic (exact) mass is 291 g/mol. The van der Waals surface area contributed by atoms with Gasteiger partial charge in [-0.3, -0.25) is 4.79 Å². The fourth-order valence-corrected chi connectivity index (χ4v) is 3.69. The van der Waals surface area contributed by atoms with Gasteiger partial charge in [0.25, 0.3) is 0 Å². The fraction of sp³-hybridized carbons (Fsp3) is 0.722. The molecular formula is C18H29NO2. The third-order valence-electron chi connectivity index (χ3n) is 5.03. The summed E-state index contributed by atoms with van der Waals surface area (Å²) < 4.78 is 0. The Bertz CT molecular complexity index is 394. The topological polar surface area (TPSA) is 49.3 Å². The van der Waals surface area contributed by atoms with Gasteiger partial charge in [-0.05, 0) is 43.9 Å². The summed E-state index contributed by atoms with van der Waals surface area (Å²) in [6, 6.07) is -0.362.